The molecule has 2 fully saturated rings. The van der Waals surface area contributed by atoms with Crippen molar-refractivity contribution < 1.29 is 13.2 Å². The lowest BCUT2D eigenvalue weighted by molar-refractivity contribution is 0.188. The molecule has 1 saturated carbocycles. The lowest BCUT2D eigenvalue weighted by Gasteiger charge is -2.24. The van der Waals surface area contributed by atoms with Gasteiger partial charge in [-0.05, 0) is 31.4 Å². The Kier molecular flexibility index (Phi) is 3.84. The number of nitrogens with zero attached hydrogens (tertiary/aromatic N) is 2. The quantitative estimate of drug-likeness (QED) is 0.898. The van der Waals surface area contributed by atoms with Gasteiger partial charge >= 0.3 is 6.03 Å². The van der Waals surface area contributed by atoms with Crippen LogP contribution in [0.1, 0.15) is 25.0 Å². The van der Waals surface area contributed by atoms with E-state index in [-0.39, 0.29) is 29.6 Å². The van der Waals surface area contributed by atoms with E-state index < -0.39 is 9.84 Å². The number of nitrogens with one attached hydrogen (secondary N) is 1. The number of aromatic nitrogens is 1. The SMILES string of the molecule is O=C(N[C@@H]1CCS(=O)(=O)C1)N(Cc1ccccn1)C1CC1. The highest BCUT2D eigenvalue weighted by Crippen LogP contribution is 2.28. The van der Waals surface area contributed by atoms with Crippen LogP contribution in [0.5, 0.6) is 0 Å². The number of carbonyl (C=O) groups is 1. The van der Waals surface area contributed by atoms with Gasteiger partial charge in [-0.3, -0.25) is 4.98 Å². The Morgan fingerprint density at radius 1 is 1.33 bits per heavy atom. The maximum absolute atomic E-state index is 12.4. The Morgan fingerprint density at radius 3 is 2.71 bits per heavy atom. The first-order valence-corrected chi connectivity index (χ1v) is 9.03. The van der Waals surface area contributed by atoms with Gasteiger partial charge in [-0.2, -0.15) is 0 Å². The fraction of sp³-hybridized carbons (Fsp3) is 0.571. The van der Waals surface area contributed by atoms with Crippen LogP contribution in [-0.4, -0.2) is 47.9 Å². The topological polar surface area (TPSA) is 79.4 Å². The number of amides is 2. The maximum atomic E-state index is 12.4. The van der Waals surface area contributed by atoms with Crippen molar-refractivity contribution in [1.82, 2.24) is 15.2 Å². The molecule has 0 spiro atoms. The van der Waals surface area contributed by atoms with Crippen molar-refractivity contribution in [2.75, 3.05) is 11.5 Å². The van der Waals surface area contributed by atoms with Crippen LogP contribution in [0, 0.1) is 0 Å². The van der Waals surface area contributed by atoms with E-state index in [4.69, 9.17) is 0 Å². The highest BCUT2D eigenvalue weighted by Gasteiger charge is 2.35. The molecule has 1 saturated heterocycles. The Bertz CT molecular complexity index is 614. The largest absolute Gasteiger partial charge is 0.334 e. The first-order valence-electron chi connectivity index (χ1n) is 7.21. The molecule has 7 heteroatoms. The van der Waals surface area contributed by atoms with Crippen LogP contribution < -0.4 is 5.32 Å². The van der Waals surface area contributed by atoms with Crippen LogP contribution in [0.4, 0.5) is 4.79 Å². The molecule has 2 heterocycles. The third-order valence-electron chi connectivity index (χ3n) is 3.87. The van der Waals surface area contributed by atoms with Gasteiger partial charge in [-0.25, -0.2) is 13.2 Å². The van der Waals surface area contributed by atoms with Crippen molar-refractivity contribution in [3.05, 3.63) is 30.1 Å². The zero-order chi connectivity index (χ0) is 14.9. The van der Waals surface area contributed by atoms with Gasteiger partial charge in [0.25, 0.3) is 0 Å². The fourth-order valence-corrected chi connectivity index (χ4v) is 4.26. The second-order valence-corrected chi connectivity index (χ2v) is 7.96. The van der Waals surface area contributed by atoms with E-state index in [1.165, 1.54) is 0 Å². The summed E-state index contributed by atoms with van der Waals surface area (Å²) in [6, 6.07) is 5.45. The molecule has 2 amide bonds. The van der Waals surface area contributed by atoms with Gasteiger partial charge in [-0.15, -0.1) is 0 Å². The number of pyridine rings is 1. The molecule has 1 atom stereocenters. The highest BCUT2D eigenvalue weighted by molar-refractivity contribution is 7.91. The van der Waals surface area contributed by atoms with Crippen LogP contribution in [0.25, 0.3) is 0 Å². The number of hydrogen-bond donors (Lipinski definition) is 1. The summed E-state index contributed by atoms with van der Waals surface area (Å²) in [4.78, 5) is 18.4. The Labute approximate surface area is 124 Å². The highest BCUT2D eigenvalue weighted by atomic mass is 32.2. The van der Waals surface area contributed by atoms with E-state index >= 15 is 0 Å². The van der Waals surface area contributed by atoms with Gasteiger partial charge in [0, 0.05) is 18.3 Å². The van der Waals surface area contributed by atoms with Crippen LogP contribution in [0.3, 0.4) is 0 Å². The lowest BCUT2D eigenvalue weighted by Crippen LogP contribution is -2.46. The van der Waals surface area contributed by atoms with Crippen molar-refractivity contribution in [1.29, 1.82) is 0 Å². The zero-order valence-electron chi connectivity index (χ0n) is 11.7. The van der Waals surface area contributed by atoms with Crippen molar-refractivity contribution >= 4 is 15.9 Å². The van der Waals surface area contributed by atoms with Gasteiger partial charge in [0.1, 0.15) is 0 Å². The molecular weight excluding hydrogens is 290 g/mol. The summed E-state index contributed by atoms with van der Waals surface area (Å²) in [5.41, 5.74) is 0.846. The molecule has 0 unspecified atom stereocenters. The predicted molar refractivity (Wildman–Crippen MR) is 78.4 cm³/mol. The third-order valence-corrected chi connectivity index (χ3v) is 5.63. The van der Waals surface area contributed by atoms with E-state index in [0.29, 0.717) is 13.0 Å². The van der Waals surface area contributed by atoms with Gasteiger partial charge in [0.15, 0.2) is 9.84 Å². The van der Waals surface area contributed by atoms with Crippen molar-refractivity contribution in [3.8, 4) is 0 Å². The third kappa shape index (κ3) is 3.72. The molecule has 1 aromatic rings. The minimum Gasteiger partial charge on any atom is -0.334 e. The van der Waals surface area contributed by atoms with E-state index in [9.17, 15) is 13.2 Å². The van der Waals surface area contributed by atoms with Crippen molar-refractivity contribution in [2.45, 2.75) is 37.9 Å². The summed E-state index contributed by atoms with van der Waals surface area (Å²) in [5, 5.41) is 2.86. The summed E-state index contributed by atoms with van der Waals surface area (Å²) in [6.45, 7) is 0.469. The predicted octanol–water partition coefficient (Wildman–Crippen LogP) is 0.943. The van der Waals surface area contributed by atoms with Crippen LogP contribution in [0.2, 0.25) is 0 Å². The normalized spacial score (nSPS) is 23.7. The Hall–Kier alpha value is -1.63. The number of rotatable bonds is 4. The molecule has 1 N–H and O–H groups in total. The van der Waals surface area contributed by atoms with Gasteiger partial charge < -0.3 is 10.2 Å². The van der Waals surface area contributed by atoms with E-state index in [1.807, 2.05) is 18.2 Å². The summed E-state index contributed by atoms with van der Waals surface area (Å²) in [6.07, 6.45) is 4.23. The van der Waals surface area contributed by atoms with Crippen molar-refractivity contribution in [2.24, 2.45) is 0 Å². The molecule has 0 bridgehead atoms. The molecule has 1 aliphatic heterocycles. The first-order chi connectivity index (χ1) is 10.0. The standard InChI is InChI=1S/C14H19N3O3S/c18-14(16-12-6-8-21(19,20)10-12)17(13-4-5-13)9-11-3-1-2-7-15-11/h1-3,7,12-13H,4-6,8-10H2,(H,16,18)/t12-/m1/s1. The minimum atomic E-state index is -2.98. The Morgan fingerprint density at radius 2 is 2.14 bits per heavy atom. The molecule has 114 valence electrons. The Balaban J connectivity index is 1.63. The molecule has 6 nitrogen and oxygen atoms in total. The van der Waals surface area contributed by atoms with Crippen molar-refractivity contribution in [3.63, 3.8) is 0 Å². The average Bonchev–Trinajstić information content (AvgIpc) is 3.22. The molecule has 0 radical (unpaired) electrons. The second kappa shape index (κ2) is 5.63. The molecular formula is C14H19N3O3S. The summed E-state index contributed by atoms with van der Waals surface area (Å²) < 4.78 is 22.9. The van der Waals surface area contributed by atoms with Crippen LogP contribution in [0.15, 0.2) is 24.4 Å². The van der Waals surface area contributed by atoms with E-state index in [1.54, 1.807) is 11.1 Å². The number of carbonyl (C=O) groups excluding carboxylic acids is 1. The fourth-order valence-electron chi connectivity index (χ4n) is 2.59. The average molecular weight is 309 g/mol. The second-order valence-electron chi connectivity index (χ2n) is 5.73. The van der Waals surface area contributed by atoms with Gasteiger partial charge in [-0.1, -0.05) is 6.07 Å². The summed E-state index contributed by atoms with van der Waals surface area (Å²) >= 11 is 0. The van der Waals surface area contributed by atoms with E-state index in [0.717, 1.165) is 18.5 Å². The smallest absolute Gasteiger partial charge is 0.318 e. The number of hydrogen-bond acceptors (Lipinski definition) is 4. The summed E-state index contributed by atoms with van der Waals surface area (Å²) in [5.74, 6) is 0.225. The number of urea groups is 1. The summed E-state index contributed by atoms with van der Waals surface area (Å²) in [7, 11) is -2.98. The van der Waals surface area contributed by atoms with Crippen LogP contribution in [-0.2, 0) is 16.4 Å². The molecule has 21 heavy (non-hydrogen) atoms. The van der Waals surface area contributed by atoms with Gasteiger partial charge in [0.05, 0.1) is 23.7 Å². The molecule has 0 aromatic carbocycles. The van der Waals surface area contributed by atoms with E-state index in [2.05, 4.69) is 10.3 Å². The lowest BCUT2D eigenvalue weighted by atomic mass is 10.2. The van der Waals surface area contributed by atoms with Gasteiger partial charge in [0.2, 0.25) is 0 Å². The molecule has 2 aliphatic rings. The number of sulfone groups is 1. The molecule has 3 rings (SSSR count). The molecule has 1 aliphatic carbocycles. The molecule has 1 aromatic heterocycles. The maximum Gasteiger partial charge on any atom is 0.318 e. The minimum absolute atomic E-state index is 0.0564. The first kappa shape index (κ1) is 14.3. The van der Waals surface area contributed by atoms with Crippen LogP contribution >= 0.6 is 0 Å². The zero-order valence-corrected chi connectivity index (χ0v) is 12.6. The monoisotopic (exact) mass is 309 g/mol.